The smallest absolute Gasteiger partial charge is 0.287 e. The number of amides is 1. The molecule has 0 saturated carbocycles. The molecule has 2 heterocycles. The fourth-order valence-electron chi connectivity index (χ4n) is 3.41. The van der Waals surface area contributed by atoms with Gasteiger partial charge >= 0.3 is 0 Å². The van der Waals surface area contributed by atoms with Crippen molar-refractivity contribution in [2.45, 2.75) is 26.8 Å². The van der Waals surface area contributed by atoms with E-state index < -0.39 is 0 Å². The molecular formula is C21H20BrN3O2. The molecule has 0 radical (unpaired) electrons. The molecule has 27 heavy (non-hydrogen) atoms. The minimum Gasteiger partial charge on any atom is -0.451 e. The van der Waals surface area contributed by atoms with E-state index >= 15 is 0 Å². The number of hydrogen-bond acceptors (Lipinski definition) is 3. The van der Waals surface area contributed by atoms with E-state index in [1.807, 2.05) is 50.2 Å². The Bertz CT molecular complexity index is 1140. The van der Waals surface area contributed by atoms with Gasteiger partial charge in [-0.05, 0) is 50.6 Å². The molecule has 0 fully saturated rings. The average molecular weight is 426 g/mol. The van der Waals surface area contributed by atoms with Crippen LogP contribution in [0.2, 0.25) is 0 Å². The third-order valence-electron chi connectivity index (χ3n) is 4.79. The Morgan fingerprint density at radius 3 is 2.89 bits per heavy atom. The molecule has 1 amide bonds. The molecule has 1 N–H and O–H groups in total. The quantitative estimate of drug-likeness (QED) is 0.458. The second kappa shape index (κ2) is 7.19. The van der Waals surface area contributed by atoms with E-state index in [9.17, 15) is 4.79 Å². The first-order valence-electron chi connectivity index (χ1n) is 8.93. The zero-order valence-corrected chi connectivity index (χ0v) is 16.8. The number of carbonyl (C=O) groups is 1. The van der Waals surface area contributed by atoms with E-state index in [0.717, 1.165) is 50.8 Å². The Morgan fingerprint density at radius 1 is 1.22 bits per heavy atom. The van der Waals surface area contributed by atoms with Gasteiger partial charge in [0.15, 0.2) is 5.76 Å². The molecular weight excluding hydrogens is 406 g/mol. The van der Waals surface area contributed by atoms with Crippen LogP contribution in [-0.2, 0) is 6.54 Å². The number of carbonyl (C=O) groups excluding carboxylic acids is 1. The first-order chi connectivity index (χ1) is 13.0. The molecule has 0 saturated heterocycles. The number of aromatic nitrogens is 2. The van der Waals surface area contributed by atoms with Crippen LogP contribution < -0.4 is 5.32 Å². The fraction of sp³-hybridized carbons (Fsp3) is 0.238. The third-order valence-corrected chi connectivity index (χ3v) is 5.29. The highest BCUT2D eigenvalue weighted by Crippen LogP contribution is 2.28. The van der Waals surface area contributed by atoms with Gasteiger partial charge in [-0.1, -0.05) is 28.1 Å². The summed E-state index contributed by atoms with van der Waals surface area (Å²) in [5.74, 6) is 1.20. The number of rotatable bonds is 5. The van der Waals surface area contributed by atoms with E-state index in [1.54, 1.807) is 0 Å². The number of benzene rings is 2. The maximum absolute atomic E-state index is 12.5. The van der Waals surface area contributed by atoms with Crippen LogP contribution in [0.15, 0.2) is 51.4 Å². The summed E-state index contributed by atoms with van der Waals surface area (Å²) in [5, 5.41) is 3.92. The minimum atomic E-state index is -0.174. The van der Waals surface area contributed by atoms with Gasteiger partial charge in [0.05, 0.1) is 11.0 Å². The lowest BCUT2D eigenvalue weighted by atomic mass is 10.1. The molecule has 0 aliphatic rings. The summed E-state index contributed by atoms with van der Waals surface area (Å²) in [7, 11) is 0. The van der Waals surface area contributed by atoms with Crippen LogP contribution in [0, 0.1) is 13.8 Å². The van der Waals surface area contributed by atoms with Crippen LogP contribution in [0.25, 0.3) is 22.0 Å². The monoisotopic (exact) mass is 425 g/mol. The summed E-state index contributed by atoms with van der Waals surface area (Å²) in [5.41, 5.74) is 3.71. The lowest BCUT2D eigenvalue weighted by Crippen LogP contribution is -2.25. The first-order valence-corrected chi connectivity index (χ1v) is 9.72. The molecule has 0 aliphatic heterocycles. The molecule has 5 nitrogen and oxygen atoms in total. The molecule has 6 heteroatoms. The summed E-state index contributed by atoms with van der Waals surface area (Å²) in [6.07, 6.45) is 0.817. The van der Waals surface area contributed by atoms with Gasteiger partial charge in [0.1, 0.15) is 11.4 Å². The molecule has 4 aromatic rings. The number of nitrogens with one attached hydrogen (secondary N) is 1. The molecule has 0 atom stereocenters. The highest BCUT2D eigenvalue weighted by Gasteiger charge is 2.17. The highest BCUT2D eigenvalue weighted by molar-refractivity contribution is 9.10. The predicted molar refractivity (Wildman–Crippen MR) is 110 cm³/mol. The first kappa shape index (κ1) is 17.8. The van der Waals surface area contributed by atoms with Crippen LogP contribution in [0.5, 0.6) is 0 Å². The van der Waals surface area contributed by atoms with Gasteiger partial charge in [0.25, 0.3) is 5.91 Å². The fourth-order valence-corrected chi connectivity index (χ4v) is 3.77. The number of hydrogen-bond donors (Lipinski definition) is 1. The van der Waals surface area contributed by atoms with Gasteiger partial charge in [-0.3, -0.25) is 4.79 Å². The van der Waals surface area contributed by atoms with E-state index in [1.165, 1.54) is 0 Å². The number of aryl methyl sites for hydroxylation is 3. The Hall–Kier alpha value is -2.60. The lowest BCUT2D eigenvalue weighted by molar-refractivity contribution is 0.0926. The largest absolute Gasteiger partial charge is 0.451 e. The number of nitrogens with zero attached hydrogens (tertiary/aromatic N) is 2. The summed E-state index contributed by atoms with van der Waals surface area (Å²) < 4.78 is 8.90. The molecule has 4 rings (SSSR count). The van der Waals surface area contributed by atoms with Crippen molar-refractivity contribution in [3.05, 3.63) is 64.1 Å². The summed E-state index contributed by atoms with van der Waals surface area (Å²) >= 11 is 3.46. The van der Waals surface area contributed by atoms with Crippen LogP contribution >= 0.6 is 15.9 Å². The van der Waals surface area contributed by atoms with Crippen LogP contribution in [0.4, 0.5) is 0 Å². The Morgan fingerprint density at radius 2 is 2.04 bits per heavy atom. The van der Waals surface area contributed by atoms with Crippen molar-refractivity contribution < 1.29 is 9.21 Å². The van der Waals surface area contributed by atoms with Gasteiger partial charge in [-0.15, -0.1) is 0 Å². The van der Waals surface area contributed by atoms with Gasteiger partial charge in [-0.2, -0.15) is 0 Å². The lowest BCUT2D eigenvalue weighted by Gasteiger charge is -2.08. The number of fused-ring (bicyclic) bond motifs is 2. The highest BCUT2D eigenvalue weighted by atomic mass is 79.9. The van der Waals surface area contributed by atoms with Gasteiger partial charge in [-0.25, -0.2) is 4.98 Å². The zero-order valence-electron chi connectivity index (χ0n) is 15.3. The van der Waals surface area contributed by atoms with Gasteiger partial charge in [0, 0.05) is 28.5 Å². The maximum atomic E-state index is 12.5. The molecule has 2 aromatic heterocycles. The van der Waals surface area contributed by atoms with Crippen LogP contribution in [0.1, 0.15) is 28.4 Å². The Balaban J connectivity index is 1.41. The number of halogens is 1. The Labute approximate surface area is 165 Å². The normalized spacial score (nSPS) is 11.4. The van der Waals surface area contributed by atoms with Gasteiger partial charge in [0.2, 0.25) is 0 Å². The van der Waals surface area contributed by atoms with E-state index in [0.29, 0.717) is 12.3 Å². The van der Waals surface area contributed by atoms with Crippen molar-refractivity contribution in [3.63, 3.8) is 0 Å². The Kier molecular flexibility index (Phi) is 4.74. The molecule has 0 bridgehead atoms. The molecule has 0 unspecified atom stereocenters. The van der Waals surface area contributed by atoms with Crippen molar-refractivity contribution in [2.75, 3.05) is 6.54 Å². The second-order valence-corrected chi connectivity index (χ2v) is 7.52. The summed E-state index contributed by atoms with van der Waals surface area (Å²) in [4.78, 5) is 17.1. The number of furan rings is 1. The van der Waals surface area contributed by atoms with Crippen LogP contribution in [-0.4, -0.2) is 22.0 Å². The van der Waals surface area contributed by atoms with Crippen LogP contribution in [0.3, 0.4) is 0 Å². The molecule has 0 aliphatic carbocycles. The van der Waals surface area contributed by atoms with Crippen molar-refractivity contribution in [1.82, 2.24) is 14.9 Å². The zero-order chi connectivity index (χ0) is 19.0. The predicted octanol–water partition coefficient (Wildman–Crippen LogP) is 4.98. The SMILES string of the molecule is Cc1c(C(=O)NCCCn2c(C)nc3ccccc32)oc2ccc(Br)cc12. The second-order valence-electron chi connectivity index (χ2n) is 6.61. The summed E-state index contributed by atoms with van der Waals surface area (Å²) in [6, 6.07) is 13.9. The van der Waals surface area contributed by atoms with Gasteiger partial charge < -0.3 is 14.3 Å². The standard InChI is InChI=1S/C21H20BrN3O2/c1-13-16-12-15(22)8-9-19(16)27-20(13)21(26)23-10-5-11-25-14(2)24-17-6-3-4-7-18(17)25/h3-4,6-9,12H,5,10-11H2,1-2H3,(H,23,26). The number of imidazole rings is 1. The number of para-hydroxylation sites is 2. The maximum Gasteiger partial charge on any atom is 0.287 e. The van der Waals surface area contributed by atoms with E-state index in [-0.39, 0.29) is 5.91 Å². The summed E-state index contributed by atoms with van der Waals surface area (Å²) in [6.45, 7) is 5.30. The average Bonchev–Trinajstić information content (AvgIpc) is 3.15. The van der Waals surface area contributed by atoms with Crippen molar-refractivity contribution >= 4 is 43.8 Å². The third kappa shape index (κ3) is 3.37. The van der Waals surface area contributed by atoms with Crippen molar-refractivity contribution in [2.24, 2.45) is 0 Å². The van der Waals surface area contributed by atoms with Crippen molar-refractivity contribution in [1.29, 1.82) is 0 Å². The molecule has 138 valence electrons. The van der Waals surface area contributed by atoms with E-state index in [2.05, 4.69) is 36.9 Å². The van der Waals surface area contributed by atoms with E-state index in [4.69, 9.17) is 4.42 Å². The topological polar surface area (TPSA) is 60.1 Å². The van der Waals surface area contributed by atoms with Crippen molar-refractivity contribution in [3.8, 4) is 0 Å². The molecule has 0 spiro atoms. The molecule has 2 aromatic carbocycles. The minimum absolute atomic E-state index is 0.174.